The van der Waals surface area contributed by atoms with Crippen molar-refractivity contribution in [1.29, 1.82) is 0 Å². The van der Waals surface area contributed by atoms with Crippen molar-refractivity contribution in [2.24, 2.45) is 17.8 Å². The molecule has 3 nitrogen and oxygen atoms in total. The Morgan fingerprint density at radius 2 is 1.61 bits per heavy atom. The summed E-state index contributed by atoms with van der Waals surface area (Å²) in [5.74, 6) is 2.81. The molecule has 23 heavy (non-hydrogen) atoms. The van der Waals surface area contributed by atoms with Crippen LogP contribution in [0.3, 0.4) is 0 Å². The standard InChI is InChI=1S/C20H27NO2/c22-13-18-12-21(19(23-18)17-4-2-1-3-5-17)20-9-14-6-15(10-20)8-16(7-14)11-20/h1-5,14-16,18-19,22H,6-13H2/t14?,15?,16?,18-,19-,20?/m1/s1. The van der Waals surface area contributed by atoms with E-state index in [0.29, 0.717) is 5.54 Å². The highest BCUT2D eigenvalue weighted by atomic mass is 16.5. The molecule has 1 saturated heterocycles. The van der Waals surface area contributed by atoms with Gasteiger partial charge in [0.25, 0.3) is 0 Å². The Hall–Kier alpha value is -0.900. The summed E-state index contributed by atoms with van der Waals surface area (Å²) >= 11 is 0. The Bertz CT molecular complexity index is 537. The van der Waals surface area contributed by atoms with E-state index in [0.717, 1.165) is 24.3 Å². The third-order valence-electron chi connectivity index (χ3n) is 6.91. The Kier molecular flexibility index (Phi) is 3.33. The second-order valence-corrected chi connectivity index (χ2v) is 8.50. The smallest absolute Gasteiger partial charge is 0.137 e. The van der Waals surface area contributed by atoms with Gasteiger partial charge in [-0.1, -0.05) is 30.3 Å². The quantitative estimate of drug-likeness (QED) is 0.929. The summed E-state index contributed by atoms with van der Waals surface area (Å²) in [6, 6.07) is 10.6. The number of hydrogen-bond donors (Lipinski definition) is 1. The monoisotopic (exact) mass is 313 g/mol. The molecule has 1 aromatic carbocycles. The summed E-state index contributed by atoms with van der Waals surface area (Å²) in [6.45, 7) is 1.02. The first-order valence-electron chi connectivity index (χ1n) is 9.34. The van der Waals surface area contributed by atoms with Gasteiger partial charge in [-0.15, -0.1) is 0 Å². The topological polar surface area (TPSA) is 32.7 Å². The van der Waals surface area contributed by atoms with Crippen LogP contribution in [0.2, 0.25) is 0 Å². The molecule has 4 bridgehead atoms. The van der Waals surface area contributed by atoms with Crippen molar-refractivity contribution in [3.8, 4) is 0 Å². The molecule has 0 amide bonds. The fourth-order valence-electron chi connectivity index (χ4n) is 6.45. The number of aliphatic hydroxyl groups is 1. The minimum absolute atomic E-state index is 0.0320. The third-order valence-corrected chi connectivity index (χ3v) is 6.91. The fourth-order valence-corrected chi connectivity index (χ4v) is 6.45. The lowest BCUT2D eigenvalue weighted by atomic mass is 9.52. The molecule has 0 unspecified atom stereocenters. The molecule has 1 N–H and O–H groups in total. The lowest BCUT2D eigenvalue weighted by Gasteiger charge is -2.60. The molecule has 6 rings (SSSR count). The molecule has 1 aromatic rings. The van der Waals surface area contributed by atoms with E-state index in [1.54, 1.807) is 0 Å². The lowest BCUT2D eigenvalue weighted by Crippen LogP contribution is -2.60. The average molecular weight is 313 g/mol. The largest absolute Gasteiger partial charge is 0.394 e. The number of benzene rings is 1. The van der Waals surface area contributed by atoms with E-state index in [2.05, 4.69) is 35.2 Å². The zero-order valence-corrected chi connectivity index (χ0v) is 13.7. The van der Waals surface area contributed by atoms with Crippen LogP contribution in [0, 0.1) is 17.8 Å². The van der Waals surface area contributed by atoms with Crippen molar-refractivity contribution in [3.05, 3.63) is 35.9 Å². The lowest BCUT2D eigenvalue weighted by molar-refractivity contribution is -0.126. The third kappa shape index (κ3) is 2.28. The van der Waals surface area contributed by atoms with Gasteiger partial charge in [0.2, 0.25) is 0 Å². The molecule has 0 radical (unpaired) electrons. The Morgan fingerprint density at radius 3 is 2.17 bits per heavy atom. The van der Waals surface area contributed by atoms with Crippen molar-refractivity contribution >= 4 is 0 Å². The van der Waals surface area contributed by atoms with Gasteiger partial charge in [-0.25, -0.2) is 0 Å². The molecule has 0 aromatic heterocycles. The van der Waals surface area contributed by atoms with Gasteiger partial charge < -0.3 is 9.84 Å². The predicted octanol–water partition coefficient (Wildman–Crippen LogP) is 3.35. The SMILES string of the molecule is OC[C@H]1CN(C23CC4CC(CC(C4)C2)C3)[C@@H](c2ccccc2)O1. The van der Waals surface area contributed by atoms with Gasteiger partial charge in [-0.05, 0) is 61.8 Å². The second-order valence-electron chi connectivity index (χ2n) is 8.50. The van der Waals surface area contributed by atoms with Crippen LogP contribution in [0.5, 0.6) is 0 Å². The highest BCUT2D eigenvalue weighted by molar-refractivity contribution is 5.20. The minimum Gasteiger partial charge on any atom is -0.394 e. The normalized spacial score (nSPS) is 45.7. The van der Waals surface area contributed by atoms with Gasteiger partial charge in [0.1, 0.15) is 6.23 Å². The molecular weight excluding hydrogens is 286 g/mol. The first-order chi connectivity index (χ1) is 11.3. The number of hydrogen-bond acceptors (Lipinski definition) is 3. The summed E-state index contributed by atoms with van der Waals surface area (Å²) < 4.78 is 6.27. The van der Waals surface area contributed by atoms with Gasteiger partial charge in [0, 0.05) is 12.1 Å². The van der Waals surface area contributed by atoms with Crippen molar-refractivity contribution in [1.82, 2.24) is 4.90 Å². The zero-order chi connectivity index (χ0) is 15.4. The Labute approximate surface area is 138 Å². The zero-order valence-electron chi connectivity index (χ0n) is 13.7. The fraction of sp³-hybridized carbons (Fsp3) is 0.700. The first kappa shape index (κ1) is 14.4. The van der Waals surface area contributed by atoms with E-state index in [1.807, 2.05) is 0 Å². The molecule has 3 heteroatoms. The van der Waals surface area contributed by atoms with E-state index < -0.39 is 0 Å². The van der Waals surface area contributed by atoms with Crippen LogP contribution in [-0.4, -0.2) is 34.8 Å². The van der Waals surface area contributed by atoms with Crippen molar-refractivity contribution in [2.75, 3.05) is 13.2 Å². The van der Waals surface area contributed by atoms with E-state index in [1.165, 1.54) is 44.1 Å². The maximum atomic E-state index is 9.68. The van der Waals surface area contributed by atoms with Gasteiger partial charge >= 0.3 is 0 Å². The highest BCUT2D eigenvalue weighted by Gasteiger charge is 2.56. The molecule has 4 aliphatic carbocycles. The van der Waals surface area contributed by atoms with E-state index >= 15 is 0 Å². The summed E-state index contributed by atoms with van der Waals surface area (Å²) in [5, 5.41) is 9.68. The van der Waals surface area contributed by atoms with Crippen LogP contribution >= 0.6 is 0 Å². The highest BCUT2D eigenvalue weighted by Crippen LogP contribution is 2.59. The van der Waals surface area contributed by atoms with E-state index in [-0.39, 0.29) is 18.9 Å². The van der Waals surface area contributed by atoms with E-state index in [9.17, 15) is 5.11 Å². The molecule has 1 heterocycles. The molecule has 2 atom stereocenters. The predicted molar refractivity (Wildman–Crippen MR) is 88.8 cm³/mol. The van der Waals surface area contributed by atoms with Gasteiger partial charge in [-0.2, -0.15) is 0 Å². The summed E-state index contributed by atoms with van der Waals surface area (Å²) in [7, 11) is 0. The van der Waals surface area contributed by atoms with Gasteiger partial charge in [-0.3, -0.25) is 4.90 Å². The van der Waals surface area contributed by atoms with Crippen LogP contribution in [0.1, 0.15) is 50.3 Å². The summed E-state index contributed by atoms with van der Waals surface area (Å²) in [4.78, 5) is 2.65. The molecule has 4 saturated carbocycles. The molecule has 0 spiro atoms. The van der Waals surface area contributed by atoms with Crippen molar-refractivity contribution in [3.63, 3.8) is 0 Å². The van der Waals surface area contributed by atoms with Crippen LogP contribution in [-0.2, 0) is 4.74 Å². The number of rotatable bonds is 3. The molecular formula is C20H27NO2. The molecule has 5 aliphatic rings. The van der Waals surface area contributed by atoms with Crippen LogP contribution in [0.25, 0.3) is 0 Å². The van der Waals surface area contributed by atoms with Crippen molar-refractivity contribution in [2.45, 2.75) is 56.4 Å². The number of nitrogens with zero attached hydrogens (tertiary/aromatic N) is 1. The summed E-state index contributed by atoms with van der Waals surface area (Å²) in [5.41, 5.74) is 1.58. The average Bonchev–Trinajstić information content (AvgIpc) is 3.00. The van der Waals surface area contributed by atoms with Crippen LogP contribution in [0.15, 0.2) is 30.3 Å². The maximum Gasteiger partial charge on any atom is 0.137 e. The molecule has 5 fully saturated rings. The Morgan fingerprint density at radius 1 is 1.00 bits per heavy atom. The van der Waals surface area contributed by atoms with Crippen LogP contribution < -0.4 is 0 Å². The van der Waals surface area contributed by atoms with E-state index in [4.69, 9.17) is 4.74 Å². The molecule has 124 valence electrons. The maximum absolute atomic E-state index is 9.68. The Balaban J connectivity index is 1.50. The van der Waals surface area contributed by atoms with Gasteiger partial charge in [0.15, 0.2) is 0 Å². The van der Waals surface area contributed by atoms with Gasteiger partial charge in [0.05, 0.1) is 12.7 Å². The number of ether oxygens (including phenoxy) is 1. The summed E-state index contributed by atoms with van der Waals surface area (Å²) in [6.07, 6.45) is 8.45. The number of aliphatic hydroxyl groups excluding tert-OH is 1. The second kappa shape index (κ2) is 5.30. The van der Waals surface area contributed by atoms with Crippen molar-refractivity contribution < 1.29 is 9.84 Å². The first-order valence-corrected chi connectivity index (χ1v) is 9.34. The van der Waals surface area contributed by atoms with Crippen LogP contribution in [0.4, 0.5) is 0 Å². The minimum atomic E-state index is -0.0341. The molecule has 1 aliphatic heterocycles.